The fourth-order valence-corrected chi connectivity index (χ4v) is 8.83. The van der Waals surface area contributed by atoms with Gasteiger partial charge in [-0.2, -0.15) is 0 Å². The lowest BCUT2D eigenvalue weighted by Gasteiger charge is -2.17. The SMILES string of the molecule is CCC(=O)[C@H](CCCCNC(=O)CC[C@H](NC(=O)CC[C@H](CC(=O)COCCOCCNC(=O)CC[C@H](NC(=O)CCCCCCCCCCCCCCCCC(=O)O)C(=O)O)C(=O)O)C(=O)O)CCC(=O)[C@@H](N)Cc1cnc[nH]1.O. The first-order chi connectivity index (χ1) is 38.3. The van der Waals surface area contributed by atoms with E-state index in [0.29, 0.717) is 44.9 Å². The maximum Gasteiger partial charge on any atom is 0.326 e. The molecule has 1 aromatic heterocycles. The first kappa shape index (κ1) is 74.8. The number of nitrogens with zero attached hydrogens (tertiary/aromatic N) is 1. The number of ether oxygens (including phenoxy) is 2. The van der Waals surface area contributed by atoms with E-state index in [-0.39, 0.29) is 113 Å². The van der Waals surface area contributed by atoms with Crippen molar-refractivity contribution in [1.29, 1.82) is 0 Å². The van der Waals surface area contributed by atoms with Gasteiger partial charge in [0.05, 0.1) is 38.1 Å². The molecule has 0 saturated carbocycles. The van der Waals surface area contributed by atoms with Crippen LogP contribution in [-0.4, -0.2) is 158 Å². The van der Waals surface area contributed by atoms with Gasteiger partial charge < -0.3 is 67.4 Å². The Hall–Kier alpha value is -6.18. The highest BCUT2D eigenvalue weighted by Crippen LogP contribution is 2.20. The molecular weight excluding hydrogens is 1060 g/mol. The van der Waals surface area contributed by atoms with Gasteiger partial charge in [-0.25, -0.2) is 14.6 Å². The minimum atomic E-state index is -1.43. The van der Waals surface area contributed by atoms with Crippen LogP contribution in [0.1, 0.15) is 199 Å². The third-order valence-corrected chi connectivity index (χ3v) is 13.6. The number of carboxylic acid groups (broad SMARTS) is 4. The summed E-state index contributed by atoms with van der Waals surface area (Å²) in [5.74, 6) is -8.97. The van der Waals surface area contributed by atoms with Gasteiger partial charge in [0.25, 0.3) is 0 Å². The Balaban J connectivity index is 0.0000640. The van der Waals surface area contributed by atoms with Crippen LogP contribution in [0.2, 0.25) is 0 Å². The number of ketones is 3. The van der Waals surface area contributed by atoms with Crippen molar-refractivity contribution in [2.45, 2.75) is 218 Å². The average Bonchev–Trinajstić information content (AvgIpc) is 3.93. The van der Waals surface area contributed by atoms with Crippen LogP contribution >= 0.6 is 0 Å². The highest BCUT2D eigenvalue weighted by Gasteiger charge is 2.26. The van der Waals surface area contributed by atoms with Crippen molar-refractivity contribution in [2.75, 3.05) is 39.5 Å². The lowest BCUT2D eigenvalue weighted by Crippen LogP contribution is -2.42. The van der Waals surface area contributed by atoms with Crippen molar-refractivity contribution in [2.24, 2.45) is 17.6 Å². The molecule has 0 aliphatic carbocycles. The van der Waals surface area contributed by atoms with E-state index < -0.39 is 90.9 Å². The normalized spacial score (nSPS) is 12.9. The number of imidazole rings is 1. The van der Waals surface area contributed by atoms with Crippen LogP contribution in [0.15, 0.2) is 12.5 Å². The van der Waals surface area contributed by atoms with Crippen LogP contribution < -0.4 is 27.0 Å². The summed E-state index contributed by atoms with van der Waals surface area (Å²) in [5.41, 5.74) is 6.78. The minimum Gasteiger partial charge on any atom is -0.481 e. The van der Waals surface area contributed by atoms with Gasteiger partial charge in [0, 0.05) is 88.7 Å². The summed E-state index contributed by atoms with van der Waals surface area (Å²) >= 11 is 0. The molecule has 0 fully saturated rings. The number of Topliss-reactive ketones (excluding diaryl/α,β-unsaturated/α-hetero) is 3. The molecule has 0 aliphatic heterocycles. The maximum absolute atomic E-state index is 12.6. The summed E-state index contributed by atoms with van der Waals surface area (Å²) in [5, 5.41) is 47.7. The molecular formula is C56H95N7O18. The zero-order valence-corrected chi connectivity index (χ0v) is 47.6. The second-order valence-electron chi connectivity index (χ2n) is 20.4. The number of unbranched alkanes of at least 4 members (excludes halogenated alkanes) is 14. The average molecular weight is 1150 g/mol. The van der Waals surface area contributed by atoms with Crippen LogP contribution in [0.5, 0.6) is 0 Å². The van der Waals surface area contributed by atoms with Gasteiger partial charge in [-0.3, -0.25) is 43.2 Å². The number of hydrogen-bond acceptors (Lipinski definition) is 15. The Morgan fingerprint density at radius 1 is 0.531 bits per heavy atom. The van der Waals surface area contributed by atoms with E-state index in [0.717, 1.165) is 57.1 Å². The van der Waals surface area contributed by atoms with Gasteiger partial charge in [-0.15, -0.1) is 0 Å². The van der Waals surface area contributed by atoms with Gasteiger partial charge in [0.2, 0.25) is 23.6 Å². The van der Waals surface area contributed by atoms with Gasteiger partial charge in [-0.05, 0) is 51.4 Å². The predicted molar refractivity (Wildman–Crippen MR) is 298 cm³/mol. The van der Waals surface area contributed by atoms with Crippen LogP contribution in [0.4, 0.5) is 0 Å². The number of nitrogens with two attached hydrogens (primary N) is 1. The molecule has 1 heterocycles. The number of carbonyl (C=O) groups is 11. The topological polar surface area (TPSA) is 421 Å². The number of aliphatic carboxylic acids is 4. The lowest BCUT2D eigenvalue weighted by molar-refractivity contribution is -0.145. The minimum absolute atomic E-state index is 0. The summed E-state index contributed by atoms with van der Waals surface area (Å²) in [6.07, 6.45) is 19.2. The molecule has 0 unspecified atom stereocenters. The number of rotatable bonds is 54. The molecule has 1 aromatic rings. The molecule has 1 rings (SSSR count). The second-order valence-corrected chi connectivity index (χ2v) is 20.4. The first-order valence-corrected chi connectivity index (χ1v) is 28.8. The third-order valence-electron chi connectivity index (χ3n) is 13.6. The predicted octanol–water partition coefficient (Wildman–Crippen LogP) is 4.30. The van der Waals surface area contributed by atoms with E-state index in [1.165, 1.54) is 38.4 Å². The zero-order valence-electron chi connectivity index (χ0n) is 47.6. The number of nitrogens with one attached hydrogen (secondary N) is 5. The number of carbonyl (C=O) groups excluding carboxylic acids is 7. The molecule has 0 spiro atoms. The maximum atomic E-state index is 12.6. The van der Waals surface area contributed by atoms with Crippen molar-refractivity contribution in [3.63, 3.8) is 0 Å². The standard InChI is InChI=1S/C56H93N7O17.H2O/c1-2-47(65)40(22-26-48(66)44(57)36-42-37-58-39-61-42)19-17-18-30-59-49(67)28-24-46(56(77)78)63-52(70)27-23-41(54(73)74)35-43(64)38-80-34-33-79-32-31-60-50(68)29-25-45(55(75)76)62-51(69)20-15-13-11-9-7-5-3-4-6-8-10-12-14-16-21-53(71)72;/h37,39-41,44-46H,2-36,38,57H2,1H3,(H,58,61)(H,59,67)(H,60,68)(H,62,69)(H,63,70)(H,71,72)(H,73,74)(H,75,76)(H,77,78);1H2/t40-,41-,44+,45+,46+;/m1./s1. The van der Waals surface area contributed by atoms with Gasteiger partial charge in [-0.1, -0.05) is 90.4 Å². The highest BCUT2D eigenvalue weighted by atomic mass is 16.5. The van der Waals surface area contributed by atoms with Crippen LogP contribution in [0, 0.1) is 11.8 Å². The Kier molecular flexibility index (Phi) is 43.8. The van der Waals surface area contributed by atoms with Crippen molar-refractivity contribution in [3.05, 3.63) is 18.2 Å². The van der Waals surface area contributed by atoms with Crippen LogP contribution in [0.25, 0.3) is 0 Å². The Morgan fingerprint density at radius 3 is 1.53 bits per heavy atom. The van der Waals surface area contributed by atoms with Gasteiger partial charge >= 0.3 is 23.9 Å². The molecule has 0 aromatic carbocycles. The smallest absolute Gasteiger partial charge is 0.326 e. The largest absolute Gasteiger partial charge is 0.481 e. The van der Waals surface area contributed by atoms with Crippen molar-refractivity contribution in [1.82, 2.24) is 31.2 Å². The van der Waals surface area contributed by atoms with Gasteiger partial charge in [0.15, 0.2) is 5.78 Å². The lowest BCUT2D eigenvalue weighted by atomic mass is 9.89. The van der Waals surface area contributed by atoms with Crippen LogP contribution in [0.3, 0.4) is 0 Å². The Labute approximate surface area is 475 Å². The van der Waals surface area contributed by atoms with Crippen molar-refractivity contribution >= 4 is 64.9 Å². The molecule has 25 nitrogen and oxygen atoms in total. The fourth-order valence-electron chi connectivity index (χ4n) is 8.83. The van der Waals surface area contributed by atoms with Crippen molar-refractivity contribution < 1.29 is 88.1 Å². The Bertz CT molecular complexity index is 2010. The number of carboxylic acids is 4. The molecule has 0 radical (unpaired) electrons. The number of aromatic nitrogens is 2. The monoisotopic (exact) mass is 1150 g/mol. The van der Waals surface area contributed by atoms with Crippen LogP contribution in [-0.2, 0) is 68.6 Å². The van der Waals surface area contributed by atoms with E-state index >= 15 is 0 Å². The number of aromatic amines is 1. The molecule has 5 atom stereocenters. The molecule has 0 bridgehead atoms. The summed E-state index contributed by atoms with van der Waals surface area (Å²) in [6.45, 7) is 1.76. The molecule has 462 valence electrons. The number of H-pyrrole nitrogens is 1. The number of amides is 4. The molecule has 13 N–H and O–H groups in total. The van der Waals surface area contributed by atoms with E-state index in [2.05, 4.69) is 31.2 Å². The fraction of sp³-hybridized carbons (Fsp3) is 0.750. The highest BCUT2D eigenvalue weighted by molar-refractivity contribution is 5.88. The quantitative estimate of drug-likeness (QED) is 0.0406. The van der Waals surface area contributed by atoms with E-state index in [4.69, 9.17) is 20.3 Å². The van der Waals surface area contributed by atoms with Gasteiger partial charge in [0.1, 0.15) is 30.3 Å². The number of hydrogen-bond donors (Lipinski definition) is 10. The summed E-state index contributed by atoms with van der Waals surface area (Å²) in [7, 11) is 0. The van der Waals surface area contributed by atoms with Crippen molar-refractivity contribution in [3.8, 4) is 0 Å². The first-order valence-electron chi connectivity index (χ1n) is 28.8. The second kappa shape index (κ2) is 47.5. The summed E-state index contributed by atoms with van der Waals surface area (Å²) in [4.78, 5) is 140. The Morgan fingerprint density at radius 2 is 1.02 bits per heavy atom. The molecule has 0 saturated heterocycles. The van der Waals surface area contributed by atoms with E-state index in [1.54, 1.807) is 13.1 Å². The molecule has 81 heavy (non-hydrogen) atoms. The van der Waals surface area contributed by atoms with E-state index in [9.17, 15) is 68.1 Å². The molecule has 0 aliphatic rings. The van der Waals surface area contributed by atoms with E-state index in [1.807, 2.05) is 0 Å². The molecule has 25 heteroatoms. The zero-order chi connectivity index (χ0) is 59.3. The summed E-state index contributed by atoms with van der Waals surface area (Å²) < 4.78 is 10.7. The molecule has 4 amide bonds. The summed E-state index contributed by atoms with van der Waals surface area (Å²) in [6, 6.07) is -3.35. The third kappa shape index (κ3) is 40.6.